The fourth-order valence-electron chi connectivity index (χ4n) is 1.62. The average Bonchev–Trinajstić information content (AvgIpc) is 2.62. The predicted octanol–water partition coefficient (Wildman–Crippen LogP) is 1.25. The van der Waals surface area contributed by atoms with Gasteiger partial charge in [0.1, 0.15) is 11.7 Å². The van der Waals surface area contributed by atoms with Crippen LogP contribution in [0, 0.1) is 5.92 Å². The fourth-order valence-corrected chi connectivity index (χ4v) is 1.62. The Hall–Kier alpha value is -1.78. The minimum atomic E-state index is -0.999. The standard InChI is InChI=1S/C12H18N2O3/c1-8(2)7-9(12(16)17)13-11(15)10-5-4-6-14(10)3/h4-6,8-9H,7H2,1-3H3,(H,13,15)(H,16,17)/t9-/m1/s1. The van der Waals surface area contributed by atoms with Crippen LogP contribution in [0.15, 0.2) is 18.3 Å². The topological polar surface area (TPSA) is 71.3 Å². The van der Waals surface area contributed by atoms with E-state index in [9.17, 15) is 9.59 Å². The van der Waals surface area contributed by atoms with Crippen LogP contribution in [0.25, 0.3) is 0 Å². The summed E-state index contributed by atoms with van der Waals surface area (Å²) in [6, 6.07) is 2.56. The normalized spacial score (nSPS) is 12.5. The summed E-state index contributed by atoms with van der Waals surface area (Å²) < 4.78 is 1.66. The Balaban J connectivity index is 2.71. The van der Waals surface area contributed by atoms with Gasteiger partial charge in [-0.1, -0.05) is 13.8 Å². The molecule has 1 aromatic heterocycles. The van der Waals surface area contributed by atoms with Crippen LogP contribution in [0.4, 0.5) is 0 Å². The molecule has 0 aliphatic rings. The zero-order valence-electron chi connectivity index (χ0n) is 10.3. The molecule has 1 atom stereocenters. The molecule has 2 N–H and O–H groups in total. The number of aromatic nitrogens is 1. The molecule has 1 rings (SSSR count). The third kappa shape index (κ3) is 3.62. The van der Waals surface area contributed by atoms with E-state index in [0.717, 1.165) is 0 Å². The number of hydrogen-bond acceptors (Lipinski definition) is 2. The van der Waals surface area contributed by atoms with Crippen molar-refractivity contribution in [2.45, 2.75) is 26.3 Å². The van der Waals surface area contributed by atoms with Gasteiger partial charge < -0.3 is 15.0 Å². The number of carboxylic acids is 1. The van der Waals surface area contributed by atoms with Gasteiger partial charge in [-0.15, -0.1) is 0 Å². The van der Waals surface area contributed by atoms with Crippen LogP contribution in [0.1, 0.15) is 30.8 Å². The highest BCUT2D eigenvalue weighted by atomic mass is 16.4. The quantitative estimate of drug-likeness (QED) is 0.811. The van der Waals surface area contributed by atoms with Gasteiger partial charge in [0.15, 0.2) is 0 Å². The Labute approximate surface area is 100 Å². The summed E-state index contributed by atoms with van der Waals surface area (Å²) in [5.74, 6) is -1.14. The summed E-state index contributed by atoms with van der Waals surface area (Å²) in [6.45, 7) is 3.84. The van der Waals surface area contributed by atoms with E-state index >= 15 is 0 Å². The minimum Gasteiger partial charge on any atom is -0.480 e. The van der Waals surface area contributed by atoms with Crippen molar-refractivity contribution in [2.75, 3.05) is 0 Å². The van der Waals surface area contributed by atoms with Gasteiger partial charge in [-0.05, 0) is 24.5 Å². The molecule has 17 heavy (non-hydrogen) atoms. The molecule has 0 spiro atoms. The van der Waals surface area contributed by atoms with E-state index in [1.807, 2.05) is 13.8 Å². The third-order valence-electron chi connectivity index (χ3n) is 2.49. The van der Waals surface area contributed by atoms with Crippen molar-refractivity contribution in [1.82, 2.24) is 9.88 Å². The van der Waals surface area contributed by atoms with E-state index in [1.165, 1.54) is 0 Å². The van der Waals surface area contributed by atoms with Crippen molar-refractivity contribution in [2.24, 2.45) is 13.0 Å². The van der Waals surface area contributed by atoms with Gasteiger partial charge in [0, 0.05) is 13.2 Å². The molecule has 0 aromatic carbocycles. The number of nitrogens with one attached hydrogen (secondary N) is 1. The Kier molecular flexibility index (Phi) is 4.31. The molecule has 0 aliphatic heterocycles. The van der Waals surface area contributed by atoms with Gasteiger partial charge in [-0.25, -0.2) is 4.79 Å². The first-order chi connectivity index (χ1) is 7.91. The summed E-state index contributed by atoms with van der Waals surface area (Å²) in [7, 11) is 1.74. The Morgan fingerprint density at radius 1 is 1.47 bits per heavy atom. The highest BCUT2D eigenvalue weighted by molar-refractivity contribution is 5.95. The summed E-state index contributed by atoms with van der Waals surface area (Å²) >= 11 is 0. The molecule has 0 aliphatic carbocycles. The summed E-state index contributed by atoms with van der Waals surface area (Å²) in [6.07, 6.45) is 2.17. The van der Waals surface area contributed by atoms with Crippen LogP contribution in [0.2, 0.25) is 0 Å². The average molecular weight is 238 g/mol. The summed E-state index contributed by atoms with van der Waals surface area (Å²) in [5, 5.41) is 11.5. The van der Waals surface area contributed by atoms with Gasteiger partial charge >= 0.3 is 5.97 Å². The van der Waals surface area contributed by atoms with Crippen molar-refractivity contribution in [1.29, 1.82) is 0 Å². The number of nitrogens with zero attached hydrogens (tertiary/aromatic N) is 1. The molecule has 0 radical (unpaired) electrons. The first-order valence-electron chi connectivity index (χ1n) is 5.56. The zero-order chi connectivity index (χ0) is 13.0. The predicted molar refractivity (Wildman–Crippen MR) is 63.8 cm³/mol. The Morgan fingerprint density at radius 3 is 2.53 bits per heavy atom. The first kappa shape index (κ1) is 13.3. The lowest BCUT2D eigenvalue weighted by Gasteiger charge is -2.16. The maximum absolute atomic E-state index is 11.8. The van der Waals surface area contributed by atoms with E-state index in [2.05, 4.69) is 5.32 Å². The van der Waals surface area contributed by atoms with Crippen molar-refractivity contribution in [3.8, 4) is 0 Å². The van der Waals surface area contributed by atoms with E-state index in [0.29, 0.717) is 12.1 Å². The number of hydrogen-bond donors (Lipinski definition) is 2. The molecule has 5 nitrogen and oxygen atoms in total. The van der Waals surface area contributed by atoms with Gasteiger partial charge in [0.25, 0.3) is 5.91 Å². The molecule has 0 bridgehead atoms. The Morgan fingerprint density at radius 2 is 2.12 bits per heavy atom. The van der Waals surface area contributed by atoms with E-state index in [-0.39, 0.29) is 11.8 Å². The molecule has 5 heteroatoms. The van der Waals surface area contributed by atoms with Crippen molar-refractivity contribution in [3.05, 3.63) is 24.0 Å². The van der Waals surface area contributed by atoms with Crippen LogP contribution in [-0.4, -0.2) is 27.6 Å². The first-order valence-corrected chi connectivity index (χ1v) is 5.56. The number of carboxylic acid groups (broad SMARTS) is 1. The van der Waals surface area contributed by atoms with Crippen molar-refractivity contribution in [3.63, 3.8) is 0 Å². The van der Waals surface area contributed by atoms with Crippen LogP contribution in [0.5, 0.6) is 0 Å². The van der Waals surface area contributed by atoms with Crippen LogP contribution in [-0.2, 0) is 11.8 Å². The van der Waals surface area contributed by atoms with Crippen LogP contribution >= 0.6 is 0 Å². The molecule has 1 aromatic rings. The second-order valence-electron chi connectivity index (χ2n) is 4.50. The summed E-state index contributed by atoms with van der Waals surface area (Å²) in [5.41, 5.74) is 0.458. The van der Waals surface area contributed by atoms with E-state index < -0.39 is 12.0 Å². The SMILES string of the molecule is CC(C)C[C@@H](NC(=O)c1cccn1C)C(=O)O. The molecule has 0 unspecified atom stereocenters. The number of amides is 1. The third-order valence-corrected chi connectivity index (χ3v) is 2.49. The van der Waals surface area contributed by atoms with Gasteiger partial charge in [-0.2, -0.15) is 0 Å². The van der Waals surface area contributed by atoms with Crippen molar-refractivity contribution < 1.29 is 14.7 Å². The maximum Gasteiger partial charge on any atom is 0.326 e. The molecule has 0 saturated heterocycles. The smallest absolute Gasteiger partial charge is 0.326 e. The van der Waals surface area contributed by atoms with E-state index in [4.69, 9.17) is 5.11 Å². The molecular formula is C12H18N2O3. The van der Waals surface area contributed by atoms with Gasteiger partial charge in [0.2, 0.25) is 0 Å². The Bertz CT molecular complexity index is 410. The van der Waals surface area contributed by atoms with Gasteiger partial charge in [-0.3, -0.25) is 4.79 Å². The molecular weight excluding hydrogens is 220 g/mol. The van der Waals surface area contributed by atoms with Gasteiger partial charge in [0.05, 0.1) is 0 Å². The lowest BCUT2D eigenvalue weighted by molar-refractivity contribution is -0.139. The van der Waals surface area contributed by atoms with E-state index in [1.54, 1.807) is 29.9 Å². The molecule has 1 amide bonds. The molecule has 0 fully saturated rings. The maximum atomic E-state index is 11.8. The number of carbonyl (C=O) groups is 2. The number of carbonyl (C=O) groups excluding carboxylic acids is 1. The minimum absolute atomic E-state index is 0.213. The highest BCUT2D eigenvalue weighted by Gasteiger charge is 2.22. The molecule has 94 valence electrons. The monoisotopic (exact) mass is 238 g/mol. The summed E-state index contributed by atoms with van der Waals surface area (Å²) in [4.78, 5) is 22.8. The number of aryl methyl sites for hydroxylation is 1. The lowest BCUT2D eigenvalue weighted by atomic mass is 10.0. The van der Waals surface area contributed by atoms with Crippen molar-refractivity contribution >= 4 is 11.9 Å². The fraction of sp³-hybridized carbons (Fsp3) is 0.500. The zero-order valence-corrected chi connectivity index (χ0v) is 10.3. The van der Waals surface area contributed by atoms with Crippen LogP contribution < -0.4 is 5.32 Å². The molecule has 0 saturated carbocycles. The van der Waals surface area contributed by atoms with Crippen LogP contribution in [0.3, 0.4) is 0 Å². The largest absolute Gasteiger partial charge is 0.480 e. The number of rotatable bonds is 5. The number of aliphatic carboxylic acids is 1. The highest BCUT2D eigenvalue weighted by Crippen LogP contribution is 2.07. The second-order valence-corrected chi connectivity index (χ2v) is 4.50. The lowest BCUT2D eigenvalue weighted by Crippen LogP contribution is -2.42. The second kappa shape index (κ2) is 5.52. The molecule has 1 heterocycles.